The Bertz CT molecular complexity index is 1120. The minimum absolute atomic E-state index is 0.0174. The van der Waals surface area contributed by atoms with Crippen molar-refractivity contribution in [1.29, 1.82) is 0 Å². The summed E-state index contributed by atoms with van der Waals surface area (Å²) in [6, 6.07) is 5.37. The van der Waals surface area contributed by atoms with Gasteiger partial charge in [0, 0.05) is 6.42 Å². The molecular formula is C13H18ClN2O12P3. The molecule has 5 N–H and O–H groups in total. The Morgan fingerprint density at radius 2 is 1.87 bits per heavy atom. The highest BCUT2D eigenvalue weighted by atomic mass is 35.5. The lowest BCUT2D eigenvalue weighted by Crippen LogP contribution is -2.26. The Kier molecular flexibility index (Phi) is 7.18. The molecule has 1 aliphatic rings. The number of aliphatic hydroxyl groups excluding tert-OH is 1. The number of hydrogen-bond acceptors (Lipinski definition) is 9. The van der Waals surface area contributed by atoms with Crippen LogP contribution in [-0.4, -0.2) is 53.0 Å². The van der Waals surface area contributed by atoms with Gasteiger partial charge in [-0.15, -0.1) is 0 Å². The van der Waals surface area contributed by atoms with Gasteiger partial charge in [-0.25, -0.2) is 18.7 Å². The number of benzene rings is 1. The van der Waals surface area contributed by atoms with Crippen LogP contribution < -0.4 is 0 Å². The van der Waals surface area contributed by atoms with E-state index in [2.05, 4.69) is 18.1 Å². The van der Waals surface area contributed by atoms with E-state index in [9.17, 15) is 23.7 Å². The molecule has 0 aliphatic carbocycles. The summed E-state index contributed by atoms with van der Waals surface area (Å²) in [6.07, 6.45) is -3.14. The van der Waals surface area contributed by atoms with Crippen molar-refractivity contribution in [3.8, 4) is 0 Å². The molecule has 1 aliphatic heterocycles. The highest BCUT2D eigenvalue weighted by Gasteiger charge is 2.43. The molecule has 5 atom stereocenters. The summed E-state index contributed by atoms with van der Waals surface area (Å²) in [4.78, 5) is 40.0. The third-order valence-electron chi connectivity index (χ3n) is 4.19. The standard InChI is InChI=1S/C13H18ClN2O12P3/c1-7-3-2-4-8-12(7)15-13(14)16(8)11-5-9(17)10(26-11)6-25-30(21,22)28-31(23,24)27-29(18,19)20/h2-4,9-11,17H,5-6H2,1H3,(H,21,22)(H,23,24)(H2,18,19,20)/t9-,10+,11+/m0/s1. The van der Waals surface area contributed by atoms with E-state index < -0.39 is 48.5 Å². The lowest BCUT2D eigenvalue weighted by atomic mass is 10.2. The summed E-state index contributed by atoms with van der Waals surface area (Å²) in [5.74, 6) is 0. The van der Waals surface area contributed by atoms with Crippen LogP contribution in [0.15, 0.2) is 18.2 Å². The fourth-order valence-electron chi connectivity index (χ4n) is 3.00. The fraction of sp³-hybridized carbons (Fsp3) is 0.462. The van der Waals surface area contributed by atoms with Gasteiger partial charge in [0.25, 0.3) is 0 Å². The number of hydrogen-bond donors (Lipinski definition) is 5. The van der Waals surface area contributed by atoms with Crippen LogP contribution in [-0.2, 0) is 31.6 Å². The number of aromatic nitrogens is 2. The lowest BCUT2D eigenvalue weighted by Gasteiger charge is -2.19. The van der Waals surface area contributed by atoms with Gasteiger partial charge in [0.2, 0.25) is 5.28 Å². The number of phosphoric acid groups is 3. The van der Waals surface area contributed by atoms with Crippen molar-refractivity contribution in [1.82, 2.24) is 9.55 Å². The average molecular weight is 523 g/mol. The topological polar surface area (TPSA) is 207 Å². The Labute approximate surface area is 179 Å². The molecule has 2 unspecified atom stereocenters. The summed E-state index contributed by atoms with van der Waals surface area (Å²) in [6.45, 7) is 1.07. The number of ether oxygens (including phenoxy) is 1. The van der Waals surface area contributed by atoms with Crippen molar-refractivity contribution in [2.75, 3.05) is 6.61 Å². The predicted octanol–water partition coefficient (Wildman–Crippen LogP) is 1.99. The molecule has 14 nitrogen and oxygen atoms in total. The van der Waals surface area contributed by atoms with Gasteiger partial charge in [0.15, 0.2) is 0 Å². The number of imidazole rings is 1. The van der Waals surface area contributed by atoms with Crippen LogP contribution in [0.1, 0.15) is 18.2 Å². The molecule has 0 spiro atoms. The summed E-state index contributed by atoms with van der Waals surface area (Å²) in [5.41, 5.74) is 2.12. The Morgan fingerprint density at radius 3 is 2.52 bits per heavy atom. The van der Waals surface area contributed by atoms with E-state index in [1.54, 1.807) is 12.1 Å². The van der Waals surface area contributed by atoms with Crippen molar-refractivity contribution >= 4 is 46.1 Å². The number of aryl methyl sites for hydroxylation is 1. The Hall–Kier alpha value is -0.690. The zero-order valence-corrected chi connectivity index (χ0v) is 19.0. The molecule has 1 aromatic carbocycles. The zero-order valence-electron chi connectivity index (χ0n) is 15.6. The second kappa shape index (κ2) is 8.92. The molecule has 1 fully saturated rings. The third-order valence-corrected chi connectivity index (χ3v) is 8.26. The molecule has 31 heavy (non-hydrogen) atoms. The normalized spacial score (nSPS) is 26.1. The summed E-state index contributed by atoms with van der Waals surface area (Å²) < 4.78 is 52.7. The quantitative estimate of drug-likeness (QED) is 0.315. The van der Waals surface area contributed by atoms with Crippen molar-refractivity contribution < 1.29 is 56.3 Å². The van der Waals surface area contributed by atoms with Crippen LogP contribution in [0.25, 0.3) is 11.0 Å². The van der Waals surface area contributed by atoms with Gasteiger partial charge in [-0.05, 0) is 30.2 Å². The van der Waals surface area contributed by atoms with E-state index in [-0.39, 0.29) is 11.7 Å². The van der Waals surface area contributed by atoms with Crippen LogP contribution in [0.5, 0.6) is 0 Å². The fourth-order valence-corrected chi connectivity index (χ4v) is 6.31. The van der Waals surface area contributed by atoms with E-state index in [1.807, 2.05) is 13.0 Å². The smallest absolute Gasteiger partial charge is 0.390 e. The summed E-state index contributed by atoms with van der Waals surface area (Å²) in [7, 11) is -16.5. The van der Waals surface area contributed by atoms with E-state index in [4.69, 9.17) is 31.0 Å². The van der Waals surface area contributed by atoms with Gasteiger partial charge in [-0.1, -0.05) is 12.1 Å². The maximum atomic E-state index is 11.8. The largest absolute Gasteiger partial charge is 0.490 e. The molecule has 2 heterocycles. The average Bonchev–Trinajstić information content (AvgIpc) is 3.09. The van der Waals surface area contributed by atoms with Gasteiger partial charge < -0.3 is 29.4 Å². The van der Waals surface area contributed by atoms with E-state index >= 15 is 0 Å². The zero-order chi connectivity index (χ0) is 23.2. The summed E-state index contributed by atoms with van der Waals surface area (Å²) in [5, 5.41) is 10.3. The predicted molar refractivity (Wildman–Crippen MR) is 104 cm³/mol. The number of para-hydroxylation sites is 1. The second-order valence-corrected chi connectivity index (χ2v) is 11.3. The van der Waals surface area contributed by atoms with Crippen LogP contribution in [0.3, 0.4) is 0 Å². The molecule has 1 aromatic heterocycles. The van der Waals surface area contributed by atoms with Crippen molar-refractivity contribution in [2.45, 2.75) is 31.8 Å². The van der Waals surface area contributed by atoms with E-state index in [0.717, 1.165) is 5.56 Å². The first-order valence-electron chi connectivity index (χ1n) is 8.42. The van der Waals surface area contributed by atoms with Crippen LogP contribution >= 0.6 is 35.1 Å². The molecule has 1 saturated heterocycles. The van der Waals surface area contributed by atoms with Gasteiger partial charge in [-0.3, -0.25) is 9.09 Å². The first-order valence-corrected chi connectivity index (χ1v) is 13.3. The highest BCUT2D eigenvalue weighted by molar-refractivity contribution is 7.66. The first-order chi connectivity index (χ1) is 14.2. The molecule has 0 bridgehead atoms. The van der Waals surface area contributed by atoms with Crippen LogP contribution in [0.2, 0.25) is 5.28 Å². The van der Waals surface area contributed by atoms with Crippen molar-refractivity contribution in [3.63, 3.8) is 0 Å². The molecule has 174 valence electrons. The number of aliphatic hydroxyl groups is 1. The second-order valence-electron chi connectivity index (χ2n) is 6.51. The summed E-state index contributed by atoms with van der Waals surface area (Å²) >= 11 is 6.21. The molecular weight excluding hydrogens is 505 g/mol. The van der Waals surface area contributed by atoms with E-state index in [1.165, 1.54) is 4.57 Å². The van der Waals surface area contributed by atoms with Crippen LogP contribution in [0.4, 0.5) is 0 Å². The number of nitrogens with zero attached hydrogens (tertiary/aromatic N) is 2. The molecule has 0 amide bonds. The minimum atomic E-state index is -5.64. The monoisotopic (exact) mass is 522 g/mol. The number of halogens is 1. The maximum Gasteiger partial charge on any atom is 0.490 e. The van der Waals surface area contributed by atoms with Crippen LogP contribution in [0, 0.1) is 6.92 Å². The number of phosphoric ester groups is 1. The maximum absolute atomic E-state index is 11.8. The van der Waals surface area contributed by atoms with Crippen molar-refractivity contribution in [3.05, 3.63) is 29.0 Å². The molecule has 3 rings (SSSR count). The number of rotatable bonds is 8. The third kappa shape index (κ3) is 6.21. The van der Waals surface area contributed by atoms with Gasteiger partial charge in [0.1, 0.15) is 12.3 Å². The van der Waals surface area contributed by atoms with Gasteiger partial charge >= 0.3 is 23.5 Å². The van der Waals surface area contributed by atoms with E-state index in [0.29, 0.717) is 11.0 Å². The van der Waals surface area contributed by atoms with Gasteiger partial charge in [0.05, 0.1) is 23.7 Å². The molecule has 18 heteroatoms. The SMILES string of the molecule is Cc1cccc2c1nc(Cl)n2[C@H]1C[C@H](O)[C@@H](COP(=O)(O)OP(=O)(O)OP(=O)(O)O)O1. The molecule has 0 radical (unpaired) electrons. The van der Waals surface area contributed by atoms with Crippen molar-refractivity contribution in [2.24, 2.45) is 0 Å². The lowest BCUT2D eigenvalue weighted by molar-refractivity contribution is -0.0420. The Morgan fingerprint density at radius 1 is 1.19 bits per heavy atom. The first kappa shape index (κ1) is 24.9. The highest BCUT2D eigenvalue weighted by Crippen LogP contribution is 2.66. The Balaban J connectivity index is 1.68. The minimum Gasteiger partial charge on any atom is -0.390 e. The van der Waals surface area contributed by atoms with Gasteiger partial charge in [-0.2, -0.15) is 8.62 Å². The number of fused-ring (bicyclic) bond motifs is 1. The molecule has 0 saturated carbocycles. The molecule has 2 aromatic rings.